The summed E-state index contributed by atoms with van der Waals surface area (Å²) in [4.78, 5) is 2.71. The molecule has 0 atom stereocenters. The van der Waals surface area contributed by atoms with Crippen molar-refractivity contribution >= 4 is 11.8 Å². The molecule has 0 fully saturated rings. The van der Waals surface area contributed by atoms with Gasteiger partial charge in [0.05, 0.1) is 5.41 Å². The third kappa shape index (κ3) is 2.66. The average molecular weight is 439 g/mol. The highest BCUT2D eigenvalue weighted by atomic mass is 32.2. The Morgan fingerprint density at radius 3 is 1.76 bits per heavy atom. The van der Waals surface area contributed by atoms with E-state index in [-0.39, 0.29) is 5.41 Å². The van der Waals surface area contributed by atoms with Gasteiger partial charge in [-0.25, -0.2) is 0 Å². The first-order valence-corrected chi connectivity index (χ1v) is 12.3. The summed E-state index contributed by atoms with van der Waals surface area (Å²) in [5.74, 6) is 0. The van der Waals surface area contributed by atoms with Crippen LogP contribution in [0.1, 0.15) is 33.4 Å². The highest BCUT2D eigenvalue weighted by Gasteiger charge is 2.49. The van der Waals surface area contributed by atoms with Crippen molar-refractivity contribution in [2.75, 3.05) is 0 Å². The fourth-order valence-corrected chi connectivity index (χ4v) is 7.02. The van der Waals surface area contributed by atoms with E-state index in [4.69, 9.17) is 0 Å². The van der Waals surface area contributed by atoms with Crippen LogP contribution < -0.4 is 0 Å². The summed E-state index contributed by atoms with van der Waals surface area (Å²) < 4.78 is 0. The van der Waals surface area contributed by atoms with Crippen LogP contribution in [-0.4, -0.2) is 0 Å². The standard InChI is InChI=1S/C32H22S/c1-2-10-22(11-3-1)20-23-18-19-31-29(21-23)32(28-16-8-9-17-30(28)33-31)26-14-6-4-12-24(26)25-13-5-7-15-27(25)32/h1-19,21H,20H2. The van der Waals surface area contributed by atoms with Crippen LogP contribution in [0.15, 0.2) is 131 Å². The molecule has 2 aliphatic rings. The molecule has 1 aliphatic carbocycles. The van der Waals surface area contributed by atoms with Gasteiger partial charge < -0.3 is 0 Å². The van der Waals surface area contributed by atoms with E-state index in [1.807, 2.05) is 11.8 Å². The Bertz CT molecular complexity index is 1470. The second kappa shape index (κ2) is 7.23. The van der Waals surface area contributed by atoms with Crippen LogP contribution in [0, 0.1) is 0 Å². The molecule has 156 valence electrons. The van der Waals surface area contributed by atoms with Gasteiger partial charge in [0, 0.05) is 9.79 Å². The fraction of sp³-hybridized carbons (Fsp3) is 0.0625. The minimum absolute atomic E-state index is 0.281. The summed E-state index contributed by atoms with van der Waals surface area (Å²) in [7, 11) is 0. The van der Waals surface area contributed by atoms with Crippen LogP contribution >= 0.6 is 11.8 Å². The van der Waals surface area contributed by atoms with Gasteiger partial charge in [-0.05, 0) is 63.1 Å². The maximum Gasteiger partial charge on any atom is 0.0735 e. The first kappa shape index (κ1) is 19.0. The third-order valence-electron chi connectivity index (χ3n) is 7.16. The number of hydrogen-bond donors (Lipinski definition) is 0. The molecule has 1 spiro atoms. The lowest BCUT2D eigenvalue weighted by Crippen LogP contribution is -2.32. The normalized spacial score (nSPS) is 14.3. The van der Waals surface area contributed by atoms with Gasteiger partial charge in [0.2, 0.25) is 0 Å². The smallest absolute Gasteiger partial charge is 0.0735 e. The Morgan fingerprint density at radius 1 is 0.455 bits per heavy atom. The van der Waals surface area contributed by atoms with Crippen LogP contribution in [0.25, 0.3) is 11.1 Å². The van der Waals surface area contributed by atoms with Crippen LogP contribution in [0.5, 0.6) is 0 Å². The maximum absolute atomic E-state index is 2.48. The van der Waals surface area contributed by atoms with Crippen molar-refractivity contribution in [2.45, 2.75) is 21.6 Å². The summed E-state index contributed by atoms with van der Waals surface area (Å²) in [5, 5.41) is 0. The molecule has 5 aromatic carbocycles. The Hall–Kier alpha value is -3.55. The van der Waals surface area contributed by atoms with Gasteiger partial charge in [0.15, 0.2) is 0 Å². The molecule has 7 rings (SSSR count). The zero-order chi connectivity index (χ0) is 21.8. The molecule has 0 saturated carbocycles. The van der Waals surface area contributed by atoms with Gasteiger partial charge in [-0.2, -0.15) is 0 Å². The Labute approximate surface area is 199 Å². The lowest BCUT2D eigenvalue weighted by molar-refractivity contribution is 0.720. The lowest BCUT2D eigenvalue weighted by Gasteiger charge is -2.40. The van der Waals surface area contributed by atoms with E-state index in [0.717, 1.165) is 6.42 Å². The van der Waals surface area contributed by atoms with E-state index >= 15 is 0 Å². The highest BCUT2D eigenvalue weighted by molar-refractivity contribution is 7.99. The van der Waals surface area contributed by atoms with E-state index < -0.39 is 0 Å². The summed E-state index contributed by atoms with van der Waals surface area (Å²) in [5.41, 5.74) is 10.8. The van der Waals surface area contributed by atoms with Gasteiger partial charge in [-0.15, -0.1) is 0 Å². The van der Waals surface area contributed by atoms with Gasteiger partial charge >= 0.3 is 0 Å². The Kier molecular flexibility index (Phi) is 4.16. The predicted molar refractivity (Wildman–Crippen MR) is 137 cm³/mol. The first-order valence-electron chi connectivity index (χ1n) is 11.5. The van der Waals surface area contributed by atoms with Crippen molar-refractivity contribution in [2.24, 2.45) is 0 Å². The van der Waals surface area contributed by atoms with E-state index in [1.165, 1.54) is 54.3 Å². The minimum Gasteiger partial charge on any atom is -0.0894 e. The van der Waals surface area contributed by atoms with Crippen molar-refractivity contribution in [3.63, 3.8) is 0 Å². The highest BCUT2D eigenvalue weighted by Crippen LogP contribution is 2.62. The molecule has 0 unspecified atom stereocenters. The van der Waals surface area contributed by atoms with Crippen LogP contribution in [0.3, 0.4) is 0 Å². The van der Waals surface area contributed by atoms with Crippen molar-refractivity contribution in [1.82, 2.24) is 0 Å². The monoisotopic (exact) mass is 438 g/mol. The zero-order valence-electron chi connectivity index (χ0n) is 18.2. The minimum atomic E-state index is -0.281. The summed E-state index contributed by atoms with van der Waals surface area (Å²) in [6.07, 6.45) is 0.944. The molecule has 0 saturated heterocycles. The molecule has 0 aromatic heterocycles. The number of benzene rings is 5. The van der Waals surface area contributed by atoms with Crippen LogP contribution in [0.4, 0.5) is 0 Å². The topological polar surface area (TPSA) is 0 Å². The van der Waals surface area contributed by atoms with Crippen molar-refractivity contribution in [3.05, 3.63) is 155 Å². The molecule has 0 radical (unpaired) electrons. The van der Waals surface area contributed by atoms with E-state index in [1.54, 1.807) is 0 Å². The van der Waals surface area contributed by atoms with Crippen molar-refractivity contribution in [1.29, 1.82) is 0 Å². The second-order valence-corrected chi connectivity index (χ2v) is 10.0. The number of rotatable bonds is 2. The van der Waals surface area contributed by atoms with Gasteiger partial charge in [-0.1, -0.05) is 121 Å². The second-order valence-electron chi connectivity index (χ2n) is 8.93. The van der Waals surface area contributed by atoms with Crippen LogP contribution in [0.2, 0.25) is 0 Å². The zero-order valence-corrected chi connectivity index (χ0v) is 19.0. The lowest BCUT2D eigenvalue weighted by atomic mass is 9.67. The summed E-state index contributed by atoms with van der Waals surface area (Å²) in [6, 6.07) is 44.9. The first-order chi connectivity index (χ1) is 16.4. The molecular weight excluding hydrogens is 416 g/mol. The van der Waals surface area contributed by atoms with E-state index in [9.17, 15) is 0 Å². The molecular formula is C32H22S. The molecule has 0 nitrogen and oxygen atoms in total. The number of fused-ring (bicyclic) bond motifs is 9. The van der Waals surface area contributed by atoms with Gasteiger partial charge in [0.25, 0.3) is 0 Å². The van der Waals surface area contributed by atoms with Gasteiger partial charge in [-0.3, -0.25) is 0 Å². The van der Waals surface area contributed by atoms with Crippen molar-refractivity contribution in [3.8, 4) is 11.1 Å². The third-order valence-corrected chi connectivity index (χ3v) is 8.31. The Morgan fingerprint density at radius 2 is 1.03 bits per heavy atom. The fourth-order valence-electron chi connectivity index (χ4n) is 5.85. The van der Waals surface area contributed by atoms with Crippen molar-refractivity contribution < 1.29 is 0 Å². The maximum atomic E-state index is 2.48. The van der Waals surface area contributed by atoms with E-state index in [2.05, 4.69) is 121 Å². The molecule has 33 heavy (non-hydrogen) atoms. The van der Waals surface area contributed by atoms with Crippen LogP contribution in [-0.2, 0) is 11.8 Å². The molecule has 0 amide bonds. The SMILES string of the molecule is c1ccc(Cc2ccc3c(c2)C2(c4ccccc4S3)c3ccccc3-c3ccccc32)cc1. The quantitative estimate of drug-likeness (QED) is 0.263. The molecule has 1 aliphatic heterocycles. The average Bonchev–Trinajstić information content (AvgIpc) is 3.17. The van der Waals surface area contributed by atoms with E-state index in [0.29, 0.717) is 0 Å². The molecule has 0 N–H and O–H groups in total. The molecule has 1 heteroatoms. The number of hydrogen-bond acceptors (Lipinski definition) is 1. The largest absolute Gasteiger partial charge is 0.0894 e. The summed E-state index contributed by atoms with van der Waals surface area (Å²) >= 11 is 1.91. The molecule has 5 aromatic rings. The Balaban J connectivity index is 1.55. The predicted octanol–water partition coefficient (Wildman–Crippen LogP) is 8.11. The summed E-state index contributed by atoms with van der Waals surface area (Å²) in [6.45, 7) is 0. The molecule has 1 heterocycles. The van der Waals surface area contributed by atoms with Gasteiger partial charge in [0.1, 0.15) is 0 Å². The molecule has 0 bridgehead atoms.